The molecule has 0 atom stereocenters. The third kappa shape index (κ3) is 4.68. The lowest BCUT2D eigenvalue weighted by Crippen LogP contribution is -2.10. The Morgan fingerprint density at radius 1 is 1.43 bits per heavy atom. The number of aryl methyl sites for hydroxylation is 1. The SMILES string of the molecule is Cc1cc2nc(C(C)(C)C)oc2cc1NC(=S)SCCC(=O)O. The number of thioether (sulfide) groups is 1. The van der Waals surface area contributed by atoms with E-state index in [-0.39, 0.29) is 11.8 Å². The number of fused-ring (bicyclic) bond motifs is 1. The fourth-order valence-corrected chi connectivity index (χ4v) is 2.92. The minimum Gasteiger partial charge on any atom is -0.481 e. The number of anilines is 1. The number of rotatable bonds is 4. The Kier molecular flexibility index (Phi) is 5.31. The molecule has 0 unspecified atom stereocenters. The van der Waals surface area contributed by atoms with E-state index in [4.69, 9.17) is 21.7 Å². The summed E-state index contributed by atoms with van der Waals surface area (Å²) in [5.74, 6) is 0.315. The number of thiocarbonyl (C=S) groups is 1. The van der Waals surface area contributed by atoms with Gasteiger partial charge in [-0.05, 0) is 18.6 Å². The molecule has 0 amide bonds. The van der Waals surface area contributed by atoms with Gasteiger partial charge in [-0.25, -0.2) is 4.98 Å². The third-order valence-electron chi connectivity index (χ3n) is 3.16. The van der Waals surface area contributed by atoms with Gasteiger partial charge in [0, 0.05) is 22.9 Å². The van der Waals surface area contributed by atoms with Crippen LogP contribution in [0.4, 0.5) is 5.69 Å². The minimum absolute atomic E-state index is 0.0849. The summed E-state index contributed by atoms with van der Waals surface area (Å²) < 4.78 is 6.39. The van der Waals surface area contributed by atoms with Crippen LogP contribution in [-0.4, -0.2) is 26.1 Å². The highest BCUT2D eigenvalue weighted by Gasteiger charge is 2.21. The molecule has 2 N–H and O–H groups in total. The van der Waals surface area contributed by atoms with Crippen molar-refractivity contribution in [3.05, 3.63) is 23.6 Å². The largest absolute Gasteiger partial charge is 0.481 e. The normalized spacial score (nSPS) is 11.7. The maximum Gasteiger partial charge on any atom is 0.304 e. The Morgan fingerprint density at radius 3 is 2.74 bits per heavy atom. The molecule has 5 nitrogen and oxygen atoms in total. The molecule has 0 spiro atoms. The van der Waals surface area contributed by atoms with E-state index in [1.165, 1.54) is 11.8 Å². The van der Waals surface area contributed by atoms with Crippen LogP contribution in [0, 0.1) is 6.92 Å². The number of carbonyl (C=O) groups is 1. The standard InChI is InChI=1S/C16H20N2O3S2/c1-9-7-11-12(21-14(17-11)16(2,3)4)8-10(9)18-15(22)23-6-5-13(19)20/h7-8H,5-6H2,1-4H3,(H,18,22)(H,19,20). The molecule has 1 heterocycles. The van der Waals surface area contributed by atoms with Crippen LogP contribution >= 0.6 is 24.0 Å². The van der Waals surface area contributed by atoms with Crippen LogP contribution in [0.15, 0.2) is 16.5 Å². The number of nitrogens with zero attached hydrogens (tertiary/aromatic N) is 1. The Labute approximate surface area is 144 Å². The van der Waals surface area contributed by atoms with Gasteiger partial charge in [0.25, 0.3) is 0 Å². The summed E-state index contributed by atoms with van der Waals surface area (Å²) in [4.78, 5) is 15.1. The van der Waals surface area contributed by atoms with Crippen molar-refractivity contribution in [3.63, 3.8) is 0 Å². The van der Waals surface area contributed by atoms with Gasteiger partial charge < -0.3 is 14.8 Å². The lowest BCUT2D eigenvalue weighted by Gasteiger charge is -2.11. The first-order chi connectivity index (χ1) is 10.7. The van der Waals surface area contributed by atoms with E-state index in [1.807, 2.05) is 19.1 Å². The molecule has 0 aliphatic rings. The van der Waals surface area contributed by atoms with Crippen molar-refractivity contribution in [1.82, 2.24) is 4.98 Å². The smallest absolute Gasteiger partial charge is 0.304 e. The van der Waals surface area contributed by atoms with E-state index in [0.717, 1.165) is 16.8 Å². The fourth-order valence-electron chi connectivity index (χ4n) is 1.91. The Morgan fingerprint density at radius 2 is 2.13 bits per heavy atom. The molecule has 1 aromatic heterocycles. The topological polar surface area (TPSA) is 75.4 Å². The summed E-state index contributed by atoms with van der Waals surface area (Å²) in [5.41, 5.74) is 3.24. The third-order valence-corrected chi connectivity index (χ3v) is 4.39. The van der Waals surface area contributed by atoms with Gasteiger partial charge in [0.05, 0.1) is 6.42 Å². The van der Waals surface area contributed by atoms with Crippen molar-refractivity contribution in [2.24, 2.45) is 0 Å². The highest BCUT2D eigenvalue weighted by Crippen LogP contribution is 2.29. The second kappa shape index (κ2) is 6.88. The van der Waals surface area contributed by atoms with E-state index in [1.54, 1.807) is 0 Å². The highest BCUT2D eigenvalue weighted by atomic mass is 32.2. The number of hydrogen-bond donors (Lipinski definition) is 2. The Balaban J connectivity index is 2.16. The predicted octanol–water partition coefficient (Wildman–Crippen LogP) is 4.34. The van der Waals surface area contributed by atoms with Gasteiger partial charge in [0.1, 0.15) is 9.84 Å². The molecular weight excluding hydrogens is 332 g/mol. The molecule has 7 heteroatoms. The van der Waals surface area contributed by atoms with Gasteiger partial charge >= 0.3 is 5.97 Å². The Hall–Kier alpha value is -1.60. The molecule has 0 fully saturated rings. The quantitative estimate of drug-likeness (QED) is 0.793. The summed E-state index contributed by atoms with van der Waals surface area (Å²) >= 11 is 6.56. The average Bonchev–Trinajstić information content (AvgIpc) is 2.81. The second-order valence-electron chi connectivity index (χ2n) is 6.31. The molecule has 0 bridgehead atoms. The number of aliphatic carboxylic acids is 1. The van der Waals surface area contributed by atoms with Crippen molar-refractivity contribution in [1.29, 1.82) is 0 Å². The number of aromatic nitrogens is 1. The first kappa shape index (κ1) is 17.7. The van der Waals surface area contributed by atoms with Crippen LogP contribution < -0.4 is 5.32 Å². The molecule has 1 aromatic carbocycles. The zero-order valence-electron chi connectivity index (χ0n) is 13.6. The molecule has 23 heavy (non-hydrogen) atoms. The molecule has 2 rings (SSSR count). The van der Waals surface area contributed by atoms with Crippen LogP contribution in [0.25, 0.3) is 11.1 Å². The lowest BCUT2D eigenvalue weighted by atomic mass is 9.97. The van der Waals surface area contributed by atoms with Gasteiger partial charge in [0.2, 0.25) is 5.89 Å². The number of carboxylic acids is 1. The molecule has 0 aliphatic heterocycles. The zero-order valence-corrected chi connectivity index (χ0v) is 15.2. The van der Waals surface area contributed by atoms with Gasteiger partial charge in [-0.1, -0.05) is 44.8 Å². The summed E-state index contributed by atoms with van der Waals surface area (Å²) in [6, 6.07) is 3.85. The predicted molar refractivity (Wildman–Crippen MR) is 98.4 cm³/mol. The van der Waals surface area contributed by atoms with E-state index < -0.39 is 5.97 Å². The molecule has 2 aromatic rings. The second-order valence-corrected chi connectivity index (χ2v) is 8.08. The zero-order chi connectivity index (χ0) is 17.2. The van der Waals surface area contributed by atoms with Crippen LogP contribution in [-0.2, 0) is 10.2 Å². The maximum absolute atomic E-state index is 10.5. The summed E-state index contributed by atoms with van der Waals surface area (Å²) in [7, 11) is 0. The van der Waals surface area contributed by atoms with Crippen molar-refractivity contribution < 1.29 is 14.3 Å². The van der Waals surface area contributed by atoms with Crippen LogP contribution in [0.5, 0.6) is 0 Å². The van der Waals surface area contributed by atoms with Crippen molar-refractivity contribution in [2.75, 3.05) is 11.1 Å². The number of benzene rings is 1. The number of carboxylic acid groups (broad SMARTS) is 1. The van der Waals surface area contributed by atoms with Crippen molar-refractivity contribution in [3.8, 4) is 0 Å². The average molecular weight is 352 g/mol. The van der Waals surface area contributed by atoms with Crippen LogP contribution in [0.2, 0.25) is 0 Å². The van der Waals surface area contributed by atoms with Gasteiger partial charge in [-0.2, -0.15) is 0 Å². The first-order valence-corrected chi connectivity index (χ1v) is 8.63. The van der Waals surface area contributed by atoms with Crippen LogP contribution in [0.3, 0.4) is 0 Å². The van der Waals surface area contributed by atoms with Crippen molar-refractivity contribution >= 4 is 51.1 Å². The van der Waals surface area contributed by atoms with Gasteiger partial charge in [-0.3, -0.25) is 4.79 Å². The summed E-state index contributed by atoms with van der Waals surface area (Å²) in [5, 5.41) is 11.8. The van der Waals surface area contributed by atoms with Gasteiger partial charge in [0.15, 0.2) is 5.58 Å². The number of nitrogens with one attached hydrogen (secondary N) is 1. The molecule has 124 valence electrons. The molecule has 0 saturated carbocycles. The first-order valence-electron chi connectivity index (χ1n) is 7.24. The minimum atomic E-state index is -0.825. The van der Waals surface area contributed by atoms with E-state index in [0.29, 0.717) is 21.5 Å². The van der Waals surface area contributed by atoms with Crippen LogP contribution in [0.1, 0.15) is 38.6 Å². The van der Waals surface area contributed by atoms with E-state index in [2.05, 4.69) is 31.1 Å². The lowest BCUT2D eigenvalue weighted by molar-refractivity contribution is -0.136. The van der Waals surface area contributed by atoms with E-state index in [9.17, 15) is 4.79 Å². The number of oxazole rings is 1. The summed E-state index contributed by atoms with van der Waals surface area (Å²) in [6.07, 6.45) is 0.0849. The fraction of sp³-hybridized carbons (Fsp3) is 0.438. The highest BCUT2D eigenvalue weighted by molar-refractivity contribution is 8.23. The molecule has 0 saturated heterocycles. The van der Waals surface area contributed by atoms with Crippen molar-refractivity contribution in [2.45, 2.75) is 39.5 Å². The Bertz CT molecular complexity index is 748. The monoisotopic (exact) mass is 352 g/mol. The van der Waals surface area contributed by atoms with Gasteiger partial charge in [-0.15, -0.1) is 0 Å². The molecule has 0 radical (unpaired) electrons. The molecular formula is C16H20N2O3S2. The maximum atomic E-state index is 10.5. The van der Waals surface area contributed by atoms with E-state index >= 15 is 0 Å². The summed E-state index contributed by atoms with van der Waals surface area (Å²) in [6.45, 7) is 8.13. The molecule has 0 aliphatic carbocycles. The number of hydrogen-bond acceptors (Lipinski definition) is 5.